The fraction of sp³-hybridized carbons (Fsp3) is 0. The summed E-state index contributed by atoms with van der Waals surface area (Å²) in [5, 5.41) is 0.359. The molecule has 0 aliphatic carbocycles. The van der Waals surface area contributed by atoms with Crippen LogP contribution in [0.1, 0.15) is 20.7 Å². The molecule has 0 fully saturated rings. The third kappa shape index (κ3) is 2.57. The van der Waals surface area contributed by atoms with Crippen molar-refractivity contribution < 1.29 is 9.59 Å². The monoisotopic (exact) mass is 358 g/mol. The second kappa shape index (κ2) is 4.75. The van der Waals surface area contributed by atoms with Crippen LogP contribution in [-0.2, 0) is 0 Å². The average Bonchev–Trinajstić information content (AvgIpc) is 2.07. The molecule has 0 radical (unpaired) electrons. The Bertz CT molecular complexity index is 378. The first-order valence-corrected chi connectivity index (χ1v) is 5.66. The summed E-state index contributed by atoms with van der Waals surface area (Å²) in [6, 6.07) is 2.69. The molecule has 0 N–H and O–H groups in total. The second-order valence-electron chi connectivity index (χ2n) is 2.36. The maximum Gasteiger partial charge on any atom is 0.229 e. The molecular weight excluding hydrogens is 359 g/mol. The van der Waals surface area contributed by atoms with Gasteiger partial charge in [-0.3, -0.25) is 9.59 Å². The van der Waals surface area contributed by atoms with Crippen molar-refractivity contribution in [3.63, 3.8) is 0 Å². The lowest BCUT2D eigenvalue weighted by molar-refractivity contribution is 0.108. The third-order valence-corrected chi connectivity index (χ3v) is 2.96. The Hall–Kier alpha value is 0.1000. The van der Waals surface area contributed by atoms with E-state index in [0.29, 0.717) is 0 Å². The minimum Gasteiger partial charge on any atom is -0.281 e. The number of benzene rings is 1. The van der Waals surface area contributed by atoms with Gasteiger partial charge < -0.3 is 0 Å². The summed E-state index contributed by atoms with van der Waals surface area (Å²) in [7, 11) is 0. The highest BCUT2D eigenvalue weighted by molar-refractivity contribution is 9.18. The molecule has 0 saturated heterocycles. The standard InChI is InChI=1S/C8H2Br2Cl2O2/c9-7(13)3-1-5(11)4(8(10)14)2-6(3)12/h1-2H. The Balaban J connectivity index is 3.38. The van der Waals surface area contributed by atoms with Gasteiger partial charge in [-0.1, -0.05) is 23.2 Å². The van der Waals surface area contributed by atoms with E-state index in [9.17, 15) is 9.59 Å². The Kier molecular flexibility index (Phi) is 4.13. The lowest BCUT2D eigenvalue weighted by atomic mass is 10.1. The maximum atomic E-state index is 11.0. The Labute approximate surface area is 107 Å². The summed E-state index contributed by atoms with van der Waals surface area (Å²) in [6.45, 7) is 0. The normalized spacial score (nSPS) is 10.0. The number of carbonyl (C=O) groups is 2. The molecule has 1 rings (SSSR count). The van der Waals surface area contributed by atoms with Crippen molar-refractivity contribution in [3.05, 3.63) is 33.3 Å². The van der Waals surface area contributed by atoms with Crippen molar-refractivity contribution >= 4 is 64.4 Å². The zero-order chi connectivity index (χ0) is 10.9. The van der Waals surface area contributed by atoms with E-state index in [2.05, 4.69) is 31.9 Å². The quantitative estimate of drug-likeness (QED) is 0.745. The highest BCUT2D eigenvalue weighted by atomic mass is 79.9. The maximum absolute atomic E-state index is 11.0. The van der Waals surface area contributed by atoms with Gasteiger partial charge in [0.05, 0.1) is 10.0 Å². The number of hydrogen-bond acceptors (Lipinski definition) is 2. The molecule has 6 heteroatoms. The number of rotatable bonds is 2. The molecule has 0 heterocycles. The number of halogens is 4. The molecule has 1 aromatic rings. The van der Waals surface area contributed by atoms with Gasteiger partial charge in [-0.25, -0.2) is 0 Å². The zero-order valence-corrected chi connectivity index (χ0v) is 11.2. The molecule has 0 amide bonds. The van der Waals surface area contributed by atoms with Gasteiger partial charge in [0.2, 0.25) is 9.39 Å². The summed E-state index contributed by atoms with van der Waals surface area (Å²) in [6.07, 6.45) is 0. The van der Waals surface area contributed by atoms with Crippen molar-refractivity contribution in [2.75, 3.05) is 0 Å². The van der Waals surface area contributed by atoms with Gasteiger partial charge in [-0.2, -0.15) is 0 Å². The van der Waals surface area contributed by atoms with E-state index in [4.69, 9.17) is 23.2 Å². The summed E-state index contributed by atoms with van der Waals surface area (Å²) < 4.78 is -0.754. The molecule has 0 spiro atoms. The van der Waals surface area contributed by atoms with Crippen molar-refractivity contribution in [1.82, 2.24) is 0 Å². The van der Waals surface area contributed by atoms with Crippen LogP contribution in [0.2, 0.25) is 10.0 Å². The summed E-state index contributed by atoms with van der Waals surface area (Å²) >= 11 is 17.0. The lowest BCUT2D eigenvalue weighted by Crippen LogP contribution is -1.95. The van der Waals surface area contributed by atoms with E-state index in [1.165, 1.54) is 12.1 Å². The Morgan fingerprint density at radius 3 is 1.43 bits per heavy atom. The molecule has 14 heavy (non-hydrogen) atoms. The topological polar surface area (TPSA) is 34.1 Å². The third-order valence-electron chi connectivity index (χ3n) is 1.48. The van der Waals surface area contributed by atoms with Crippen molar-refractivity contribution in [2.45, 2.75) is 0 Å². The van der Waals surface area contributed by atoms with E-state index in [0.717, 1.165) is 0 Å². The van der Waals surface area contributed by atoms with Crippen LogP contribution in [0.3, 0.4) is 0 Å². The molecule has 0 unspecified atom stereocenters. The molecule has 1 aromatic carbocycles. The van der Waals surface area contributed by atoms with Gasteiger partial charge >= 0.3 is 0 Å². The highest BCUT2D eigenvalue weighted by Crippen LogP contribution is 2.28. The fourth-order valence-electron chi connectivity index (χ4n) is 0.848. The average molecular weight is 361 g/mol. The van der Waals surface area contributed by atoms with Gasteiger partial charge in [0.1, 0.15) is 0 Å². The molecule has 0 saturated carbocycles. The van der Waals surface area contributed by atoms with Crippen LogP contribution in [0.25, 0.3) is 0 Å². The van der Waals surface area contributed by atoms with Crippen LogP contribution in [-0.4, -0.2) is 9.39 Å². The highest BCUT2D eigenvalue weighted by Gasteiger charge is 2.14. The van der Waals surface area contributed by atoms with Gasteiger partial charge in [0, 0.05) is 11.1 Å². The Morgan fingerprint density at radius 2 is 1.21 bits per heavy atom. The van der Waals surface area contributed by atoms with Crippen molar-refractivity contribution in [1.29, 1.82) is 0 Å². The molecular formula is C8H2Br2Cl2O2. The largest absolute Gasteiger partial charge is 0.281 e. The second-order valence-corrected chi connectivity index (χ2v) is 4.61. The molecule has 74 valence electrons. The fourth-order valence-corrected chi connectivity index (χ4v) is 2.23. The van der Waals surface area contributed by atoms with E-state index < -0.39 is 0 Å². The zero-order valence-electron chi connectivity index (χ0n) is 6.48. The summed E-state index contributed by atoms with van der Waals surface area (Å²) in [4.78, 5) is 22.0. The predicted molar refractivity (Wildman–Crippen MR) is 63.0 cm³/mol. The van der Waals surface area contributed by atoms with Crippen LogP contribution in [0.4, 0.5) is 0 Å². The lowest BCUT2D eigenvalue weighted by Gasteiger charge is -2.03. The molecule has 0 atom stereocenters. The number of carbonyl (C=O) groups excluding carboxylic acids is 2. The van der Waals surface area contributed by atoms with E-state index >= 15 is 0 Å². The van der Waals surface area contributed by atoms with Crippen LogP contribution < -0.4 is 0 Å². The first kappa shape index (κ1) is 12.2. The molecule has 0 bridgehead atoms. The van der Waals surface area contributed by atoms with Crippen LogP contribution >= 0.6 is 55.1 Å². The Morgan fingerprint density at radius 1 is 0.929 bits per heavy atom. The van der Waals surface area contributed by atoms with E-state index in [-0.39, 0.29) is 30.6 Å². The first-order chi connectivity index (χ1) is 6.43. The summed E-state index contributed by atoms with van der Waals surface area (Å²) in [5.41, 5.74) is 0.461. The SMILES string of the molecule is O=C(Br)c1cc(Cl)c(C(=O)Br)cc1Cl. The molecule has 0 aromatic heterocycles. The van der Waals surface area contributed by atoms with E-state index in [1.54, 1.807) is 0 Å². The van der Waals surface area contributed by atoms with Crippen LogP contribution in [0.5, 0.6) is 0 Å². The molecule has 2 nitrogen and oxygen atoms in total. The molecule has 0 aliphatic heterocycles. The predicted octanol–water partition coefficient (Wildman–Crippen LogP) is 4.06. The number of hydrogen-bond donors (Lipinski definition) is 0. The van der Waals surface area contributed by atoms with Crippen molar-refractivity contribution in [3.8, 4) is 0 Å². The minimum absolute atomic E-state index is 0.180. The molecule has 0 aliphatic rings. The van der Waals surface area contributed by atoms with Gasteiger partial charge in [0.25, 0.3) is 0 Å². The van der Waals surface area contributed by atoms with Crippen molar-refractivity contribution in [2.24, 2.45) is 0 Å². The van der Waals surface area contributed by atoms with Crippen LogP contribution in [0.15, 0.2) is 12.1 Å². The van der Waals surface area contributed by atoms with Gasteiger partial charge in [0.15, 0.2) is 0 Å². The smallest absolute Gasteiger partial charge is 0.229 e. The summed E-state index contributed by atoms with van der Waals surface area (Å²) in [5.74, 6) is 0. The van der Waals surface area contributed by atoms with E-state index in [1.807, 2.05) is 0 Å². The van der Waals surface area contributed by atoms with Crippen LogP contribution in [0, 0.1) is 0 Å². The van der Waals surface area contributed by atoms with Gasteiger partial charge in [-0.05, 0) is 44.0 Å². The first-order valence-electron chi connectivity index (χ1n) is 3.32. The van der Waals surface area contributed by atoms with Gasteiger partial charge in [-0.15, -0.1) is 0 Å². The minimum atomic E-state index is -0.377.